The highest BCUT2D eigenvalue weighted by atomic mass is 32.2. The lowest BCUT2D eigenvalue weighted by Crippen LogP contribution is -2.32. The Morgan fingerprint density at radius 2 is 2.25 bits per heavy atom. The van der Waals surface area contributed by atoms with E-state index in [4.69, 9.17) is 9.88 Å². The van der Waals surface area contributed by atoms with Crippen molar-refractivity contribution in [2.45, 2.75) is 30.8 Å². The van der Waals surface area contributed by atoms with Crippen LogP contribution in [-0.4, -0.2) is 33.6 Å². The predicted molar refractivity (Wildman–Crippen MR) is 73.9 cm³/mol. The van der Waals surface area contributed by atoms with Crippen LogP contribution in [0.25, 0.3) is 0 Å². The van der Waals surface area contributed by atoms with Crippen LogP contribution in [0.3, 0.4) is 0 Å². The van der Waals surface area contributed by atoms with E-state index in [2.05, 4.69) is 5.32 Å². The second-order valence-corrected chi connectivity index (χ2v) is 6.43. The van der Waals surface area contributed by atoms with Gasteiger partial charge in [-0.1, -0.05) is 6.07 Å². The van der Waals surface area contributed by atoms with Gasteiger partial charge >= 0.3 is 0 Å². The quantitative estimate of drug-likeness (QED) is 0.848. The van der Waals surface area contributed by atoms with Crippen LogP contribution in [-0.2, 0) is 14.8 Å². The largest absolute Gasteiger partial charge is 0.376 e. The fraction of sp³-hybridized carbons (Fsp3) is 0.462. The van der Waals surface area contributed by atoms with Crippen molar-refractivity contribution in [1.29, 1.82) is 0 Å². The van der Waals surface area contributed by atoms with Crippen LogP contribution < -0.4 is 10.5 Å². The van der Waals surface area contributed by atoms with E-state index in [1.54, 1.807) is 13.0 Å². The molecule has 1 amide bonds. The Kier molecular flexibility index (Phi) is 4.42. The highest BCUT2D eigenvalue weighted by molar-refractivity contribution is 7.89. The van der Waals surface area contributed by atoms with Crippen LogP contribution in [0.4, 0.5) is 0 Å². The van der Waals surface area contributed by atoms with Gasteiger partial charge in [-0.05, 0) is 37.5 Å². The Labute approximate surface area is 118 Å². The van der Waals surface area contributed by atoms with Gasteiger partial charge in [0.05, 0.1) is 11.0 Å². The molecule has 0 aliphatic carbocycles. The highest BCUT2D eigenvalue weighted by Gasteiger charge is 2.18. The Balaban J connectivity index is 2.12. The maximum absolute atomic E-state index is 12.1. The molecule has 1 atom stereocenters. The molecule has 1 fully saturated rings. The summed E-state index contributed by atoms with van der Waals surface area (Å²) < 4.78 is 28.0. The molecule has 1 heterocycles. The minimum Gasteiger partial charge on any atom is -0.376 e. The zero-order valence-electron chi connectivity index (χ0n) is 11.3. The lowest BCUT2D eigenvalue weighted by atomic mass is 10.1. The van der Waals surface area contributed by atoms with Crippen molar-refractivity contribution in [3.8, 4) is 0 Å². The van der Waals surface area contributed by atoms with Gasteiger partial charge in [0, 0.05) is 18.7 Å². The number of hydrogen-bond donors (Lipinski definition) is 2. The Hall–Kier alpha value is -1.44. The van der Waals surface area contributed by atoms with E-state index in [1.807, 2.05) is 0 Å². The standard InChI is InChI=1S/C13H18N2O4S/c1-9-4-5-11(20(14,17)18)7-12(9)13(16)15-8-10-3-2-6-19-10/h4-5,7,10H,2-3,6,8H2,1H3,(H,15,16)(H2,14,17,18). The van der Waals surface area contributed by atoms with Crippen molar-refractivity contribution in [2.75, 3.05) is 13.2 Å². The lowest BCUT2D eigenvalue weighted by Gasteiger charge is -2.12. The molecule has 0 bridgehead atoms. The predicted octanol–water partition coefficient (Wildman–Crippen LogP) is 0.551. The maximum Gasteiger partial charge on any atom is 0.251 e. The third kappa shape index (κ3) is 3.56. The Bertz CT molecular complexity index is 607. The van der Waals surface area contributed by atoms with E-state index in [0.29, 0.717) is 17.7 Å². The van der Waals surface area contributed by atoms with Gasteiger partial charge in [-0.25, -0.2) is 13.6 Å². The summed E-state index contributed by atoms with van der Waals surface area (Å²) in [6, 6.07) is 4.26. The number of amides is 1. The van der Waals surface area contributed by atoms with Gasteiger partial charge in [0.15, 0.2) is 0 Å². The SMILES string of the molecule is Cc1ccc(S(N)(=O)=O)cc1C(=O)NCC1CCCO1. The number of benzene rings is 1. The molecule has 1 saturated heterocycles. The van der Waals surface area contributed by atoms with Crippen molar-refractivity contribution >= 4 is 15.9 Å². The second-order valence-electron chi connectivity index (χ2n) is 4.87. The minimum atomic E-state index is -3.81. The zero-order chi connectivity index (χ0) is 14.8. The van der Waals surface area contributed by atoms with Gasteiger partial charge in [0.1, 0.15) is 0 Å². The molecule has 6 nitrogen and oxygen atoms in total. The van der Waals surface area contributed by atoms with E-state index >= 15 is 0 Å². The van der Waals surface area contributed by atoms with Crippen LogP contribution in [0.1, 0.15) is 28.8 Å². The lowest BCUT2D eigenvalue weighted by molar-refractivity contribution is 0.0857. The van der Waals surface area contributed by atoms with E-state index in [9.17, 15) is 13.2 Å². The van der Waals surface area contributed by atoms with Gasteiger partial charge in [-0.2, -0.15) is 0 Å². The fourth-order valence-electron chi connectivity index (χ4n) is 2.13. The molecule has 0 aromatic heterocycles. The van der Waals surface area contributed by atoms with Crippen LogP contribution >= 0.6 is 0 Å². The van der Waals surface area contributed by atoms with Crippen molar-refractivity contribution in [2.24, 2.45) is 5.14 Å². The fourth-order valence-corrected chi connectivity index (χ4v) is 2.67. The van der Waals surface area contributed by atoms with Crippen LogP contribution in [0.5, 0.6) is 0 Å². The molecule has 0 radical (unpaired) electrons. The molecule has 1 aliphatic heterocycles. The third-order valence-electron chi connectivity index (χ3n) is 3.30. The van der Waals surface area contributed by atoms with E-state index < -0.39 is 10.0 Å². The number of hydrogen-bond acceptors (Lipinski definition) is 4. The average molecular weight is 298 g/mol. The van der Waals surface area contributed by atoms with Crippen molar-refractivity contribution in [3.05, 3.63) is 29.3 Å². The van der Waals surface area contributed by atoms with Gasteiger partial charge in [0.25, 0.3) is 5.91 Å². The number of primary sulfonamides is 1. The number of carbonyl (C=O) groups excluding carboxylic acids is 1. The molecule has 3 N–H and O–H groups in total. The number of sulfonamides is 1. The monoisotopic (exact) mass is 298 g/mol. The molecule has 1 aromatic rings. The molecule has 1 aliphatic rings. The first-order valence-electron chi connectivity index (χ1n) is 6.41. The highest BCUT2D eigenvalue weighted by Crippen LogP contribution is 2.15. The van der Waals surface area contributed by atoms with Crippen LogP contribution in [0.15, 0.2) is 23.1 Å². The van der Waals surface area contributed by atoms with Crippen molar-refractivity contribution < 1.29 is 17.9 Å². The number of nitrogens with one attached hydrogen (secondary N) is 1. The molecule has 1 unspecified atom stereocenters. The third-order valence-corrected chi connectivity index (χ3v) is 4.21. The Morgan fingerprint density at radius 3 is 2.85 bits per heavy atom. The van der Waals surface area contributed by atoms with Gasteiger partial charge in [-0.15, -0.1) is 0 Å². The van der Waals surface area contributed by atoms with Crippen molar-refractivity contribution in [3.63, 3.8) is 0 Å². The second kappa shape index (κ2) is 5.90. The van der Waals surface area contributed by atoms with Crippen molar-refractivity contribution in [1.82, 2.24) is 5.32 Å². The first-order chi connectivity index (χ1) is 9.38. The first kappa shape index (κ1) is 15.0. The van der Waals surface area contributed by atoms with Gasteiger partial charge in [-0.3, -0.25) is 4.79 Å². The first-order valence-corrected chi connectivity index (χ1v) is 7.96. The number of nitrogens with two attached hydrogens (primary N) is 1. The molecular formula is C13H18N2O4S. The molecule has 0 spiro atoms. The number of aryl methyl sites for hydroxylation is 1. The number of ether oxygens (including phenoxy) is 1. The summed E-state index contributed by atoms with van der Waals surface area (Å²) >= 11 is 0. The molecule has 7 heteroatoms. The summed E-state index contributed by atoms with van der Waals surface area (Å²) in [5, 5.41) is 7.83. The number of carbonyl (C=O) groups is 1. The summed E-state index contributed by atoms with van der Waals surface area (Å²) in [6.45, 7) is 2.90. The molecule has 2 rings (SSSR count). The number of rotatable bonds is 4. The van der Waals surface area contributed by atoms with Gasteiger partial charge < -0.3 is 10.1 Å². The molecular weight excluding hydrogens is 280 g/mol. The summed E-state index contributed by atoms with van der Waals surface area (Å²) in [4.78, 5) is 12.0. The molecule has 1 aromatic carbocycles. The minimum absolute atomic E-state index is 0.0423. The molecule has 20 heavy (non-hydrogen) atoms. The van der Waals surface area contributed by atoms with Gasteiger partial charge in [0.2, 0.25) is 10.0 Å². The van der Waals surface area contributed by atoms with E-state index in [1.165, 1.54) is 12.1 Å². The smallest absolute Gasteiger partial charge is 0.251 e. The Morgan fingerprint density at radius 1 is 1.50 bits per heavy atom. The maximum atomic E-state index is 12.1. The summed E-state index contributed by atoms with van der Waals surface area (Å²) in [5.74, 6) is -0.316. The normalized spacial score (nSPS) is 19.0. The van der Waals surface area contributed by atoms with Crippen LogP contribution in [0, 0.1) is 6.92 Å². The average Bonchev–Trinajstić information content (AvgIpc) is 2.88. The molecule has 0 saturated carbocycles. The zero-order valence-corrected chi connectivity index (χ0v) is 12.1. The summed E-state index contributed by atoms with van der Waals surface area (Å²) in [6.07, 6.45) is 1.97. The van der Waals surface area contributed by atoms with E-state index in [-0.39, 0.29) is 16.9 Å². The topological polar surface area (TPSA) is 98.5 Å². The van der Waals surface area contributed by atoms with Crippen LogP contribution in [0.2, 0.25) is 0 Å². The summed E-state index contributed by atoms with van der Waals surface area (Å²) in [7, 11) is -3.81. The summed E-state index contributed by atoms with van der Waals surface area (Å²) in [5.41, 5.74) is 1.01. The van der Waals surface area contributed by atoms with E-state index in [0.717, 1.165) is 19.4 Å². The molecule has 110 valence electrons.